The Labute approximate surface area is 234 Å². The van der Waals surface area contributed by atoms with E-state index in [9.17, 15) is 17.8 Å². The molecule has 0 aliphatic rings. The van der Waals surface area contributed by atoms with Crippen molar-refractivity contribution in [2.45, 2.75) is 37.5 Å². The fourth-order valence-corrected chi connectivity index (χ4v) is 4.52. The van der Waals surface area contributed by atoms with Gasteiger partial charge in [0.1, 0.15) is 15.9 Å². The van der Waals surface area contributed by atoms with Gasteiger partial charge in [-0.1, -0.05) is 69.3 Å². The van der Waals surface area contributed by atoms with Crippen molar-refractivity contribution in [1.29, 1.82) is 5.39 Å². The van der Waals surface area contributed by atoms with Crippen molar-refractivity contribution in [2.75, 3.05) is 13.8 Å². The number of rotatable bonds is 8. The number of nitrogens with one attached hydrogen (secondary N) is 1. The normalized spacial score (nSPS) is 11.1. The summed E-state index contributed by atoms with van der Waals surface area (Å²) in [6.07, 6.45) is 1.05. The molecular weight excluding hydrogens is 530 g/mol. The summed E-state index contributed by atoms with van der Waals surface area (Å²) in [6, 6.07) is 24.0. The Balaban J connectivity index is 0.000000263. The van der Waals surface area contributed by atoms with Crippen molar-refractivity contribution in [3.63, 3.8) is 0 Å². The van der Waals surface area contributed by atoms with Gasteiger partial charge in [0.2, 0.25) is 11.1 Å². The molecule has 9 nitrogen and oxygen atoms in total. The first kappa shape index (κ1) is 30.1. The molecule has 1 amide bonds. The summed E-state index contributed by atoms with van der Waals surface area (Å²) in [5.74, 6) is 0.735. The number of amides is 1. The van der Waals surface area contributed by atoms with Gasteiger partial charge in [0.15, 0.2) is 11.7 Å². The number of carbonyl (C=O) groups excluding carboxylic acids is 1. The Kier molecular flexibility index (Phi) is 9.82. The van der Waals surface area contributed by atoms with Crippen LogP contribution in [0.4, 0.5) is 5.69 Å². The third-order valence-electron chi connectivity index (χ3n) is 6.56. The van der Waals surface area contributed by atoms with Gasteiger partial charge in [-0.2, -0.15) is 0 Å². The van der Waals surface area contributed by atoms with E-state index < -0.39 is 10.1 Å². The van der Waals surface area contributed by atoms with E-state index >= 15 is 0 Å². The molecule has 40 heavy (non-hydrogen) atoms. The fourth-order valence-electron chi connectivity index (χ4n) is 3.82. The van der Waals surface area contributed by atoms with E-state index in [-0.39, 0.29) is 28.6 Å². The first-order chi connectivity index (χ1) is 19.0. The highest BCUT2D eigenvalue weighted by Gasteiger charge is 2.19. The van der Waals surface area contributed by atoms with Crippen LogP contribution in [-0.4, -0.2) is 32.7 Å². The van der Waals surface area contributed by atoms with Crippen molar-refractivity contribution in [1.82, 2.24) is 5.32 Å². The van der Waals surface area contributed by atoms with Gasteiger partial charge in [-0.15, -0.1) is 0 Å². The third kappa shape index (κ3) is 7.56. The van der Waals surface area contributed by atoms with Crippen LogP contribution >= 0.6 is 0 Å². The zero-order valence-electron chi connectivity index (χ0n) is 22.7. The van der Waals surface area contributed by atoms with Gasteiger partial charge in [-0.3, -0.25) is 4.79 Å². The number of methoxy groups -OCH3 is 1. The smallest absolute Gasteiger partial charge is 0.427 e. The lowest BCUT2D eigenvalue weighted by atomic mass is 9.82. The molecule has 0 aliphatic heterocycles. The minimum atomic E-state index is -4.38. The predicted molar refractivity (Wildman–Crippen MR) is 152 cm³/mol. The zero-order chi connectivity index (χ0) is 29.3. The lowest BCUT2D eigenvalue weighted by molar-refractivity contribution is 0.0919. The Hall–Kier alpha value is -4.46. The van der Waals surface area contributed by atoms with Crippen LogP contribution in [0.15, 0.2) is 89.8 Å². The van der Waals surface area contributed by atoms with Gasteiger partial charge in [0.05, 0.1) is 18.1 Å². The maximum absolute atomic E-state index is 12.2. The number of carbonyl (C=O) groups is 1. The average molecular weight is 562 g/mol. The molecule has 4 aromatic rings. The van der Waals surface area contributed by atoms with Crippen molar-refractivity contribution in [3.8, 4) is 11.5 Å². The second-order valence-corrected chi connectivity index (χ2v) is 10.8. The summed E-state index contributed by atoms with van der Waals surface area (Å²) < 4.78 is 43.3. The van der Waals surface area contributed by atoms with Crippen molar-refractivity contribution in [3.05, 3.63) is 101 Å². The molecule has 0 radical (unpaired) electrons. The Bertz CT molecular complexity index is 1620. The Morgan fingerprint density at radius 1 is 1.00 bits per heavy atom. The molecule has 0 atom stereocenters. The molecule has 10 heteroatoms. The van der Waals surface area contributed by atoms with E-state index in [0.29, 0.717) is 22.4 Å². The second-order valence-electron chi connectivity index (χ2n) is 9.47. The minimum Gasteiger partial charge on any atom is -0.744 e. The predicted octanol–water partition coefficient (Wildman–Crippen LogP) is 6.38. The SMILES string of the molecule is CCC(C)(C)c1ccc(OCNC(=O)c2ccc(OC)c([N+]#N)c2)cc1.O=S(=O)([O-])c1cccc2ccccc12. The molecule has 0 unspecified atom stereocenters. The Morgan fingerprint density at radius 2 is 1.68 bits per heavy atom. The average Bonchev–Trinajstić information content (AvgIpc) is 2.96. The van der Waals surface area contributed by atoms with Crippen LogP contribution < -0.4 is 14.8 Å². The van der Waals surface area contributed by atoms with Gasteiger partial charge in [-0.05, 0) is 58.5 Å². The van der Waals surface area contributed by atoms with Crippen molar-refractivity contribution < 1.29 is 27.2 Å². The summed E-state index contributed by atoms with van der Waals surface area (Å²) in [5, 5.41) is 12.9. The molecule has 0 fully saturated rings. The molecule has 0 saturated carbocycles. The highest BCUT2D eigenvalue weighted by Crippen LogP contribution is 2.29. The van der Waals surface area contributed by atoms with Crippen LogP contribution in [-0.2, 0) is 15.5 Å². The first-order valence-corrected chi connectivity index (χ1v) is 13.9. The number of nitrogens with zero attached hydrogens (tertiary/aromatic N) is 2. The maximum Gasteiger partial charge on any atom is 0.427 e. The number of benzene rings is 4. The van der Waals surface area contributed by atoms with Crippen LogP contribution in [0, 0.1) is 5.39 Å². The first-order valence-electron chi connectivity index (χ1n) is 12.5. The molecule has 0 heterocycles. The third-order valence-corrected chi connectivity index (χ3v) is 7.45. The van der Waals surface area contributed by atoms with Crippen molar-refractivity contribution >= 4 is 32.5 Å². The molecule has 0 aromatic heterocycles. The van der Waals surface area contributed by atoms with Gasteiger partial charge in [0, 0.05) is 5.56 Å². The lowest BCUT2D eigenvalue weighted by Crippen LogP contribution is -2.27. The van der Waals surface area contributed by atoms with Crippen LogP contribution in [0.25, 0.3) is 15.7 Å². The topological polar surface area (TPSA) is 133 Å². The number of hydrogen-bond acceptors (Lipinski definition) is 7. The second kappa shape index (κ2) is 13.1. The van der Waals surface area contributed by atoms with E-state index in [2.05, 4.69) is 31.1 Å². The molecule has 0 bridgehead atoms. The highest BCUT2D eigenvalue weighted by molar-refractivity contribution is 7.86. The molecule has 1 N–H and O–H groups in total. The minimum absolute atomic E-state index is 0.0347. The van der Waals surface area contributed by atoms with E-state index in [1.165, 1.54) is 24.8 Å². The van der Waals surface area contributed by atoms with Gasteiger partial charge >= 0.3 is 5.69 Å². The molecule has 0 aliphatic carbocycles. The number of fused-ring (bicyclic) bond motifs is 1. The number of diazo groups is 1. The summed E-state index contributed by atoms with van der Waals surface area (Å²) in [7, 11) is -2.92. The highest BCUT2D eigenvalue weighted by atomic mass is 32.2. The largest absolute Gasteiger partial charge is 0.744 e. The summed E-state index contributed by atoms with van der Waals surface area (Å²) in [5.41, 5.74) is 1.91. The van der Waals surface area contributed by atoms with E-state index in [1.807, 2.05) is 24.3 Å². The standard InChI is InChI=1S/C20H23N3O3.C10H8O3S/c1-5-20(2,3)15-7-9-16(10-8-15)26-13-22-19(24)14-6-11-18(25-4)17(12-14)23-21;11-14(12,13)10-7-3-5-8-4-1-2-6-9(8)10/h6-12H,5,13H2,1-4H3;1-7H,(H,11,12,13). The number of hydrogen-bond donors (Lipinski definition) is 1. The van der Waals surface area contributed by atoms with Crippen LogP contribution in [0.2, 0.25) is 0 Å². The van der Waals surface area contributed by atoms with E-state index in [1.54, 1.807) is 48.5 Å². The fraction of sp³-hybridized carbons (Fsp3) is 0.233. The van der Waals surface area contributed by atoms with Crippen molar-refractivity contribution in [2.24, 2.45) is 0 Å². The number of ether oxygens (including phenoxy) is 2. The monoisotopic (exact) mass is 561 g/mol. The Morgan fingerprint density at radius 3 is 2.30 bits per heavy atom. The molecular formula is C30H31N3O6S. The zero-order valence-corrected chi connectivity index (χ0v) is 23.6. The molecule has 208 valence electrons. The van der Waals surface area contributed by atoms with E-state index in [0.717, 1.165) is 11.8 Å². The summed E-state index contributed by atoms with van der Waals surface area (Å²) in [6.45, 7) is 6.59. The van der Waals surface area contributed by atoms with E-state index in [4.69, 9.17) is 14.9 Å². The van der Waals surface area contributed by atoms with Crippen LogP contribution in [0.3, 0.4) is 0 Å². The maximum atomic E-state index is 12.2. The summed E-state index contributed by atoms with van der Waals surface area (Å²) in [4.78, 5) is 15.1. The van der Waals surface area contributed by atoms with Gasteiger partial charge in [-0.25, -0.2) is 8.42 Å². The molecule has 0 saturated heterocycles. The quantitative estimate of drug-likeness (QED) is 0.150. The van der Waals surface area contributed by atoms with Gasteiger partial charge in [0.25, 0.3) is 5.91 Å². The van der Waals surface area contributed by atoms with Crippen LogP contribution in [0.5, 0.6) is 11.5 Å². The molecule has 0 spiro atoms. The molecule has 4 rings (SSSR count). The lowest BCUT2D eigenvalue weighted by Gasteiger charge is -2.23. The summed E-state index contributed by atoms with van der Waals surface area (Å²) >= 11 is 0. The molecule has 4 aromatic carbocycles. The van der Waals surface area contributed by atoms with Crippen LogP contribution in [0.1, 0.15) is 43.1 Å². The van der Waals surface area contributed by atoms with Gasteiger partial charge < -0.3 is 19.3 Å².